The van der Waals surface area contributed by atoms with Crippen LogP contribution in [0.5, 0.6) is 0 Å². The van der Waals surface area contributed by atoms with Crippen LogP contribution in [0.2, 0.25) is 0 Å². The van der Waals surface area contributed by atoms with Crippen molar-refractivity contribution in [2.24, 2.45) is 4.99 Å². The molecule has 0 aliphatic carbocycles. The number of hydrogen-bond donors (Lipinski definition) is 6. The Bertz CT molecular complexity index is 351. The van der Waals surface area contributed by atoms with Crippen molar-refractivity contribution >= 4 is 18.5 Å². The molecular formula is C20H45N5O4Y2. The third-order valence-corrected chi connectivity index (χ3v) is 3.75. The van der Waals surface area contributed by atoms with Crippen LogP contribution in [0.3, 0.4) is 0 Å². The molecule has 0 aromatic rings. The van der Waals surface area contributed by atoms with E-state index in [1.807, 2.05) is 0 Å². The van der Waals surface area contributed by atoms with E-state index in [1.54, 1.807) is 7.05 Å². The number of carbonyl (C=O) groups excluding carboxylic acids is 2. The van der Waals surface area contributed by atoms with Gasteiger partial charge in [-0.15, -0.1) is 0 Å². The predicted molar refractivity (Wildman–Crippen MR) is 120 cm³/mol. The molecule has 9 nitrogen and oxygen atoms in total. The first kappa shape index (κ1) is 41.9. The maximum absolute atomic E-state index is 11.6. The Morgan fingerprint density at radius 2 is 1.00 bits per heavy atom. The van der Waals surface area contributed by atoms with Gasteiger partial charge in [-0.2, -0.15) is 0 Å². The summed E-state index contributed by atoms with van der Waals surface area (Å²) in [6, 6.07) is 0. The van der Waals surface area contributed by atoms with E-state index in [0.717, 1.165) is 64.5 Å². The third kappa shape index (κ3) is 41.4. The Morgan fingerprint density at radius 1 is 0.710 bits per heavy atom. The molecule has 6 N–H and O–H groups in total. The van der Waals surface area contributed by atoms with Gasteiger partial charge in [0.05, 0.1) is 13.5 Å². The Labute approximate surface area is 239 Å². The smallest absolute Gasteiger partial charge is 0.229 e. The van der Waals surface area contributed by atoms with Crippen LogP contribution in [-0.2, 0) is 75.0 Å². The molecule has 0 atom stereocenters. The summed E-state index contributed by atoms with van der Waals surface area (Å²) in [7, 11) is 1.64. The average molecular weight is 597 g/mol. The SMILES string of the molecule is C.C=NC.O=C(CC(=O)NCCCCCCNCO)NCCCCCCNCO.[Y].[Y]. The molecule has 0 rings (SSSR count). The van der Waals surface area contributed by atoms with Gasteiger partial charge in [0.15, 0.2) is 0 Å². The molecule has 0 aromatic carbocycles. The van der Waals surface area contributed by atoms with Crippen molar-refractivity contribution in [1.82, 2.24) is 21.3 Å². The number of unbranched alkanes of at least 4 members (excludes halogenated alkanes) is 6. The fourth-order valence-electron chi connectivity index (χ4n) is 2.34. The number of hydrogen-bond acceptors (Lipinski definition) is 7. The minimum absolute atomic E-state index is 0. The second-order valence-corrected chi connectivity index (χ2v) is 6.34. The topological polar surface area (TPSA) is 135 Å². The van der Waals surface area contributed by atoms with Crippen molar-refractivity contribution in [3.8, 4) is 0 Å². The third-order valence-electron chi connectivity index (χ3n) is 3.75. The number of rotatable bonds is 18. The molecule has 0 saturated carbocycles. The Hall–Kier alpha value is 0.658. The van der Waals surface area contributed by atoms with Crippen LogP contribution in [0.1, 0.15) is 65.2 Å². The largest absolute Gasteiger partial charge is 0.381 e. The summed E-state index contributed by atoms with van der Waals surface area (Å²) in [6.07, 6.45) is 7.86. The van der Waals surface area contributed by atoms with Gasteiger partial charge in [0.25, 0.3) is 0 Å². The van der Waals surface area contributed by atoms with Crippen molar-refractivity contribution in [1.29, 1.82) is 0 Å². The van der Waals surface area contributed by atoms with Crippen molar-refractivity contribution in [3.63, 3.8) is 0 Å². The summed E-state index contributed by atoms with van der Waals surface area (Å²) in [6.45, 7) is 5.95. The Morgan fingerprint density at radius 3 is 1.29 bits per heavy atom. The average Bonchev–Trinajstić information content (AvgIpc) is 2.66. The van der Waals surface area contributed by atoms with Gasteiger partial charge in [0.2, 0.25) is 11.8 Å². The number of nitrogens with zero attached hydrogens (tertiary/aromatic N) is 1. The van der Waals surface area contributed by atoms with Crippen LogP contribution in [0, 0.1) is 0 Å². The van der Waals surface area contributed by atoms with Gasteiger partial charge >= 0.3 is 0 Å². The second-order valence-electron chi connectivity index (χ2n) is 6.34. The number of carbonyl (C=O) groups is 2. The first-order valence-electron chi connectivity index (χ1n) is 10.1. The molecule has 0 aliphatic heterocycles. The summed E-state index contributed by atoms with van der Waals surface area (Å²) in [5.41, 5.74) is 0. The maximum Gasteiger partial charge on any atom is 0.229 e. The van der Waals surface area contributed by atoms with Gasteiger partial charge in [-0.05, 0) is 45.5 Å². The summed E-state index contributed by atoms with van der Waals surface area (Å²) < 4.78 is 0. The van der Waals surface area contributed by atoms with Gasteiger partial charge in [-0.3, -0.25) is 20.2 Å². The van der Waals surface area contributed by atoms with Crippen LogP contribution in [0.15, 0.2) is 4.99 Å². The van der Waals surface area contributed by atoms with Crippen LogP contribution in [-0.4, -0.2) is 75.4 Å². The molecule has 2 amide bonds. The summed E-state index contributed by atoms with van der Waals surface area (Å²) in [5, 5.41) is 28.3. The minimum atomic E-state index is -0.227. The molecule has 0 aromatic heterocycles. The first-order chi connectivity index (χ1) is 13.6. The van der Waals surface area contributed by atoms with Crippen molar-refractivity contribution in [2.45, 2.75) is 65.2 Å². The zero-order chi connectivity index (χ0) is 21.3. The molecule has 0 unspecified atom stereocenters. The van der Waals surface area contributed by atoms with Gasteiger partial charge < -0.3 is 25.8 Å². The van der Waals surface area contributed by atoms with Crippen LogP contribution in [0.25, 0.3) is 0 Å². The molecule has 0 heterocycles. The van der Waals surface area contributed by atoms with Gasteiger partial charge in [0, 0.05) is 85.6 Å². The molecule has 0 saturated heterocycles. The zero-order valence-electron chi connectivity index (χ0n) is 18.6. The maximum atomic E-state index is 11.6. The van der Waals surface area contributed by atoms with Crippen LogP contribution < -0.4 is 21.3 Å². The zero-order valence-corrected chi connectivity index (χ0v) is 24.3. The number of aliphatic imine (C=N–C) groups is 1. The molecule has 31 heavy (non-hydrogen) atoms. The standard InChI is InChI=1S/C17H36N4O4.C2H5N.CH4.2Y/c22-14-18-9-5-1-3-7-11-20-16(24)13-17(25)21-12-8-4-2-6-10-19-15-23;1-3-2;;;/h18-19,22-23H,1-15H2,(H,20,24)(H,21,25);1H2,2H3;1H4;;. The van der Waals surface area contributed by atoms with E-state index >= 15 is 0 Å². The van der Waals surface area contributed by atoms with E-state index in [-0.39, 0.29) is 105 Å². The van der Waals surface area contributed by atoms with E-state index in [2.05, 4.69) is 33.0 Å². The minimum Gasteiger partial charge on any atom is -0.381 e. The van der Waals surface area contributed by atoms with Gasteiger partial charge in [-0.25, -0.2) is 0 Å². The van der Waals surface area contributed by atoms with E-state index in [1.165, 1.54) is 0 Å². The fraction of sp³-hybridized carbons (Fsp3) is 0.850. The number of aliphatic hydroxyl groups excluding tert-OH is 2. The fourth-order valence-corrected chi connectivity index (χ4v) is 2.34. The quantitative estimate of drug-likeness (QED) is 0.0598. The molecular weight excluding hydrogens is 552 g/mol. The number of amides is 2. The monoisotopic (exact) mass is 597 g/mol. The Balaban J connectivity index is -0.000000353. The van der Waals surface area contributed by atoms with Crippen molar-refractivity contribution in [3.05, 3.63) is 0 Å². The molecule has 2 radical (unpaired) electrons. The van der Waals surface area contributed by atoms with E-state index in [4.69, 9.17) is 10.2 Å². The molecule has 180 valence electrons. The normalized spacial score (nSPS) is 9.00. The molecule has 0 bridgehead atoms. The summed E-state index contributed by atoms with van der Waals surface area (Å²) in [4.78, 5) is 26.5. The molecule has 0 spiro atoms. The molecule has 11 heteroatoms. The van der Waals surface area contributed by atoms with E-state index in [0.29, 0.717) is 13.1 Å². The summed E-state index contributed by atoms with van der Waals surface area (Å²) in [5.74, 6) is -0.455. The van der Waals surface area contributed by atoms with Gasteiger partial charge in [0.1, 0.15) is 6.42 Å². The predicted octanol–water partition coefficient (Wildman–Crippen LogP) is 0.756. The molecule has 0 aliphatic rings. The Kier molecular flexibility index (Phi) is 51.3. The number of nitrogens with one attached hydrogen (secondary N) is 4. The number of aliphatic hydroxyl groups is 2. The summed E-state index contributed by atoms with van der Waals surface area (Å²) >= 11 is 0. The van der Waals surface area contributed by atoms with Crippen LogP contribution in [0.4, 0.5) is 0 Å². The van der Waals surface area contributed by atoms with E-state index in [9.17, 15) is 9.59 Å². The van der Waals surface area contributed by atoms with Crippen molar-refractivity contribution < 1.29 is 85.2 Å². The molecule has 0 fully saturated rings. The van der Waals surface area contributed by atoms with Crippen LogP contribution >= 0.6 is 0 Å². The van der Waals surface area contributed by atoms with Gasteiger partial charge in [-0.1, -0.05) is 33.1 Å². The second kappa shape index (κ2) is 37.9. The van der Waals surface area contributed by atoms with Crippen molar-refractivity contribution in [2.75, 3.05) is 46.7 Å². The van der Waals surface area contributed by atoms with E-state index < -0.39 is 0 Å². The first-order valence-corrected chi connectivity index (χ1v) is 10.1.